The van der Waals surface area contributed by atoms with Crippen LogP contribution in [0.5, 0.6) is 0 Å². The zero-order valence-corrected chi connectivity index (χ0v) is 9.46. The van der Waals surface area contributed by atoms with Gasteiger partial charge in [0.25, 0.3) is 0 Å². The van der Waals surface area contributed by atoms with Crippen LogP contribution in [0.2, 0.25) is 5.15 Å². The first-order valence-electron chi connectivity index (χ1n) is 4.81. The van der Waals surface area contributed by atoms with Crippen molar-refractivity contribution in [1.29, 1.82) is 0 Å². The Hall–Kier alpha value is -2.22. The number of fused-ring (bicyclic) bond motifs is 1. The third kappa shape index (κ3) is 2.67. The van der Waals surface area contributed by atoms with Gasteiger partial charge in [-0.25, -0.2) is 9.50 Å². The predicted molar refractivity (Wildman–Crippen MR) is 63.5 cm³/mol. The monoisotopic (exact) mass is 246 g/mol. The predicted octanol–water partition coefficient (Wildman–Crippen LogP) is 2.43. The van der Waals surface area contributed by atoms with E-state index < -0.39 is 0 Å². The Balaban J connectivity index is 2.23. The number of hydrogen-bond donors (Lipinski definition) is 0. The van der Waals surface area contributed by atoms with Crippen molar-refractivity contribution < 1.29 is 0 Å². The van der Waals surface area contributed by atoms with Gasteiger partial charge >= 0.3 is 0 Å². The van der Waals surface area contributed by atoms with Gasteiger partial charge in [0.05, 0.1) is 11.8 Å². The first kappa shape index (κ1) is 11.3. The quantitative estimate of drug-likeness (QED) is 0.204. The summed E-state index contributed by atoms with van der Waals surface area (Å²) in [5.74, 6) is 5.80. The summed E-state index contributed by atoms with van der Waals surface area (Å²) in [6.45, 7) is 0.358. The number of halogens is 1. The SMILES string of the molecule is [N-]=[N+]=NCCC#Cc1cnn2ccc(Cl)nc12. The largest absolute Gasteiger partial charge is 0.221 e. The maximum absolute atomic E-state index is 8.09. The van der Waals surface area contributed by atoms with Crippen LogP contribution in [0.4, 0.5) is 0 Å². The molecule has 6 nitrogen and oxygen atoms in total. The molecule has 0 saturated carbocycles. The maximum Gasteiger partial charge on any atom is 0.172 e. The molecule has 0 unspecified atom stereocenters. The summed E-state index contributed by atoms with van der Waals surface area (Å²) in [6, 6.07) is 1.65. The number of hydrogen-bond acceptors (Lipinski definition) is 3. The molecule has 2 aromatic rings. The first-order chi connectivity index (χ1) is 8.31. The van der Waals surface area contributed by atoms with E-state index in [0.29, 0.717) is 29.3 Å². The molecule has 0 aliphatic heterocycles. The Kier molecular flexibility index (Phi) is 3.46. The van der Waals surface area contributed by atoms with Gasteiger partial charge in [-0.2, -0.15) is 5.10 Å². The Morgan fingerprint density at radius 2 is 2.47 bits per heavy atom. The topological polar surface area (TPSA) is 79.0 Å². The van der Waals surface area contributed by atoms with E-state index in [1.165, 1.54) is 0 Å². The van der Waals surface area contributed by atoms with Crippen LogP contribution >= 0.6 is 11.6 Å². The van der Waals surface area contributed by atoms with E-state index >= 15 is 0 Å². The molecule has 17 heavy (non-hydrogen) atoms. The molecule has 0 radical (unpaired) electrons. The lowest BCUT2D eigenvalue weighted by Gasteiger charge is -1.92. The highest BCUT2D eigenvalue weighted by molar-refractivity contribution is 6.29. The maximum atomic E-state index is 8.09. The Morgan fingerprint density at radius 3 is 3.29 bits per heavy atom. The average molecular weight is 247 g/mol. The fourth-order valence-corrected chi connectivity index (χ4v) is 1.38. The van der Waals surface area contributed by atoms with Gasteiger partial charge in [0.15, 0.2) is 5.65 Å². The molecular weight excluding hydrogens is 240 g/mol. The Morgan fingerprint density at radius 1 is 1.59 bits per heavy atom. The molecule has 0 saturated heterocycles. The molecule has 0 aliphatic rings. The smallest absolute Gasteiger partial charge is 0.172 e. The minimum atomic E-state index is 0.358. The molecule has 2 aromatic heterocycles. The highest BCUT2D eigenvalue weighted by Gasteiger charge is 2.02. The highest BCUT2D eigenvalue weighted by atomic mass is 35.5. The molecule has 0 atom stereocenters. The number of nitrogens with zero attached hydrogens (tertiary/aromatic N) is 6. The third-order valence-electron chi connectivity index (χ3n) is 1.96. The van der Waals surface area contributed by atoms with Gasteiger partial charge in [0.1, 0.15) is 5.15 Å². The Bertz CT molecular complexity index is 644. The van der Waals surface area contributed by atoms with Crippen molar-refractivity contribution in [1.82, 2.24) is 14.6 Å². The van der Waals surface area contributed by atoms with E-state index in [4.69, 9.17) is 17.1 Å². The molecule has 7 heteroatoms. The summed E-state index contributed by atoms with van der Waals surface area (Å²) in [5, 5.41) is 7.87. The van der Waals surface area contributed by atoms with Crippen LogP contribution in [0.3, 0.4) is 0 Å². The fourth-order valence-electron chi connectivity index (χ4n) is 1.24. The van der Waals surface area contributed by atoms with Crippen LogP contribution < -0.4 is 0 Å². The average Bonchev–Trinajstić information content (AvgIpc) is 2.72. The molecule has 0 aliphatic carbocycles. The summed E-state index contributed by atoms with van der Waals surface area (Å²) < 4.78 is 1.60. The summed E-state index contributed by atoms with van der Waals surface area (Å²) in [6.07, 6.45) is 3.84. The molecule has 2 rings (SSSR count). The van der Waals surface area contributed by atoms with E-state index in [1.807, 2.05) is 0 Å². The zero-order valence-electron chi connectivity index (χ0n) is 8.71. The lowest BCUT2D eigenvalue weighted by atomic mass is 10.3. The normalized spacial score (nSPS) is 9.47. The molecule has 0 spiro atoms. The van der Waals surface area contributed by atoms with Gasteiger partial charge < -0.3 is 0 Å². The fraction of sp³-hybridized carbons (Fsp3) is 0.200. The molecule has 0 bridgehead atoms. The second-order valence-electron chi connectivity index (χ2n) is 3.08. The van der Waals surface area contributed by atoms with Gasteiger partial charge in [-0.1, -0.05) is 28.6 Å². The molecule has 0 fully saturated rings. The lowest BCUT2D eigenvalue weighted by Crippen LogP contribution is -1.89. The molecule has 84 valence electrons. The van der Waals surface area contributed by atoms with E-state index in [0.717, 1.165) is 0 Å². The number of azide groups is 1. The standard InChI is InChI=1S/C10H7ClN6/c11-9-4-6-17-10(15-9)8(7-14-17)3-1-2-5-13-16-12/h4,6-7H,2,5H2. The summed E-state index contributed by atoms with van der Waals surface area (Å²) in [5.41, 5.74) is 9.42. The zero-order chi connectivity index (χ0) is 12.1. The van der Waals surface area contributed by atoms with Gasteiger partial charge in [-0.3, -0.25) is 0 Å². The van der Waals surface area contributed by atoms with Gasteiger partial charge in [0, 0.05) is 24.1 Å². The van der Waals surface area contributed by atoms with Crippen LogP contribution in [-0.2, 0) is 0 Å². The summed E-state index contributed by atoms with van der Waals surface area (Å²) in [4.78, 5) is 6.77. The van der Waals surface area contributed by atoms with Crippen LogP contribution in [0.25, 0.3) is 16.1 Å². The van der Waals surface area contributed by atoms with Gasteiger partial charge in [-0.15, -0.1) is 0 Å². The van der Waals surface area contributed by atoms with Crippen LogP contribution in [-0.4, -0.2) is 21.1 Å². The number of aromatic nitrogens is 3. The molecular formula is C10H7ClN6. The van der Waals surface area contributed by atoms with Crippen LogP contribution in [0, 0.1) is 11.8 Å². The Labute approximate surface area is 102 Å². The van der Waals surface area contributed by atoms with Crippen molar-refractivity contribution in [3.63, 3.8) is 0 Å². The lowest BCUT2D eigenvalue weighted by molar-refractivity contribution is 0.939. The van der Waals surface area contributed by atoms with Gasteiger partial charge in [-0.05, 0) is 11.6 Å². The van der Waals surface area contributed by atoms with Crippen molar-refractivity contribution in [2.75, 3.05) is 6.54 Å². The molecule has 0 aromatic carbocycles. The second-order valence-corrected chi connectivity index (χ2v) is 3.47. The van der Waals surface area contributed by atoms with Gasteiger partial charge in [0.2, 0.25) is 0 Å². The van der Waals surface area contributed by atoms with Crippen molar-refractivity contribution in [3.05, 3.63) is 39.6 Å². The van der Waals surface area contributed by atoms with E-state index in [2.05, 4.69) is 31.9 Å². The summed E-state index contributed by atoms with van der Waals surface area (Å²) >= 11 is 5.79. The summed E-state index contributed by atoms with van der Waals surface area (Å²) in [7, 11) is 0. The van der Waals surface area contributed by atoms with Crippen LogP contribution in [0.1, 0.15) is 12.0 Å². The van der Waals surface area contributed by atoms with Crippen molar-refractivity contribution in [2.45, 2.75) is 6.42 Å². The number of rotatable bonds is 2. The molecule has 2 heterocycles. The molecule has 0 N–H and O–H groups in total. The van der Waals surface area contributed by atoms with Crippen molar-refractivity contribution in [3.8, 4) is 11.8 Å². The third-order valence-corrected chi connectivity index (χ3v) is 2.17. The second kappa shape index (κ2) is 5.21. The first-order valence-corrected chi connectivity index (χ1v) is 5.18. The highest BCUT2D eigenvalue weighted by Crippen LogP contribution is 2.10. The van der Waals surface area contributed by atoms with E-state index in [-0.39, 0.29) is 0 Å². The van der Waals surface area contributed by atoms with E-state index in [1.54, 1.807) is 23.0 Å². The van der Waals surface area contributed by atoms with E-state index in [9.17, 15) is 0 Å². The van der Waals surface area contributed by atoms with Crippen LogP contribution in [0.15, 0.2) is 23.6 Å². The van der Waals surface area contributed by atoms with Crippen molar-refractivity contribution in [2.24, 2.45) is 5.11 Å². The molecule has 0 amide bonds. The minimum absolute atomic E-state index is 0.358. The minimum Gasteiger partial charge on any atom is -0.221 e. The van der Waals surface area contributed by atoms with Crippen molar-refractivity contribution >= 4 is 17.2 Å².